The number of rotatable bonds is 2. The van der Waals surface area contributed by atoms with Gasteiger partial charge in [-0.1, -0.05) is 18.1 Å². The zero-order chi connectivity index (χ0) is 15.1. The largest absolute Gasteiger partial charge is 0.396 e. The number of pyridine rings is 1. The molecule has 0 aliphatic rings. The molecule has 0 aliphatic carbocycles. The lowest BCUT2D eigenvalue weighted by atomic mass is 10.1. The van der Waals surface area contributed by atoms with Crippen molar-refractivity contribution in [3.05, 3.63) is 53.8 Å². The van der Waals surface area contributed by atoms with E-state index in [0.29, 0.717) is 12.1 Å². The van der Waals surface area contributed by atoms with Gasteiger partial charge in [0.1, 0.15) is 10.5 Å². The summed E-state index contributed by atoms with van der Waals surface area (Å²) in [5, 5.41) is 0.934. The van der Waals surface area contributed by atoms with Gasteiger partial charge in [0.2, 0.25) is 0 Å². The fraction of sp³-hybridized carbons (Fsp3) is 0.0556. The van der Waals surface area contributed by atoms with Crippen LogP contribution < -0.4 is 5.73 Å². The highest BCUT2D eigenvalue weighted by molar-refractivity contribution is 7.18. The quantitative estimate of drug-likeness (QED) is 0.450. The van der Waals surface area contributed by atoms with Gasteiger partial charge in [-0.15, -0.1) is 17.8 Å². The molecule has 4 rings (SSSR count). The smallest absolute Gasteiger partial charge is 0.106 e. The van der Waals surface area contributed by atoms with E-state index in [1.165, 1.54) is 0 Å². The number of nitrogen functional groups attached to an aromatic ring is 1. The van der Waals surface area contributed by atoms with Gasteiger partial charge < -0.3 is 10.1 Å². The SMILES string of the molecule is C#CCc1nc2c(N)c(-c3cc4ccccn4c3)ccc2s1. The van der Waals surface area contributed by atoms with Crippen molar-refractivity contribution in [3.8, 4) is 23.5 Å². The van der Waals surface area contributed by atoms with Gasteiger partial charge in [-0.2, -0.15) is 0 Å². The lowest BCUT2D eigenvalue weighted by Gasteiger charge is -2.03. The topological polar surface area (TPSA) is 43.3 Å². The van der Waals surface area contributed by atoms with Crippen molar-refractivity contribution >= 4 is 32.8 Å². The Hall–Kier alpha value is -2.77. The molecular formula is C18H13N3S. The average Bonchev–Trinajstić information content (AvgIpc) is 3.11. The van der Waals surface area contributed by atoms with Crippen molar-refractivity contribution in [2.75, 3.05) is 5.73 Å². The third kappa shape index (κ3) is 1.95. The van der Waals surface area contributed by atoms with Gasteiger partial charge in [-0.05, 0) is 24.3 Å². The lowest BCUT2D eigenvalue weighted by molar-refractivity contribution is 1.20. The summed E-state index contributed by atoms with van der Waals surface area (Å²) in [6.07, 6.45) is 10.0. The van der Waals surface area contributed by atoms with Crippen LogP contribution in [0.5, 0.6) is 0 Å². The number of hydrogen-bond donors (Lipinski definition) is 1. The summed E-state index contributed by atoms with van der Waals surface area (Å²) < 4.78 is 3.17. The van der Waals surface area contributed by atoms with Crippen LogP contribution in [-0.2, 0) is 6.42 Å². The van der Waals surface area contributed by atoms with Gasteiger partial charge in [0.25, 0.3) is 0 Å². The van der Waals surface area contributed by atoms with Gasteiger partial charge in [-0.3, -0.25) is 0 Å². The average molecular weight is 303 g/mol. The monoisotopic (exact) mass is 303 g/mol. The number of fused-ring (bicyclic) bond motifs is 2. The number of thiazole rings is 1. The van der Waals surface area contributed by atoms with Crippen LogP contribution in [0, 0.1) is 12.3 Å². The van der Waals surface area contributed by atoms with Crippen LogP contribution in [-0.4, -0.2) is 9.38 Å². The summed E-state index contributed by atoms with van der Waals surface area (Å²) in [5.74, 6) is 2.63. The van der Waals surface area contributed by atoms with Gasteiger partial charge in [0, 0.05) is 29.0 Å². The van der Waals surface area contributed by atoms with E-state index in [1.54, 1.807) is 11.3 Å². The van der Waals surface area contributed by atoms with Gasteiger partial charge in [0.15, 0.2) is 0 Å². The molecule has 106 valence electrons. The Bertz CT molecular complexity index is 1000. The van der Waals surface area contributed by atoms with Crippen LogP contribution in [0.15, 0.2) is 48.8 Å². The van der Waals surface area contributed by atoms with E-state index in [0.717, 1.165) is 31.9 Å². The molecule has 0 unspecified atom stereocenters. The van der Waals surface area contributed by atoms with Crippen LogP contribution in [0.1, 0.15) is 5.01 Å². The number of nitrogens with zero attached hydrogens (tertiary/aromatic N) is 2. The van der Waals surface area contributed by atoms with E-state index in [2.05, 4.69) is 45.8 Å². The highest BCUT2D eigenvalue weighted by atomic mass is 32.1. The fourth-order valence-electron chi connectivity index (χ4n) is 2.68. The second kappa shape index (κ2) is 4.90. The third-order valence-corrected chi connectivity index (χ3v) is 4.73. The number of hydrogen-bond acceptors (Lipinski definition) is 3. The molecule has 1 aromatic carbocycles. The Morgan fingerprint density at radius 2 is 2.18 bits per heavy atom. The minimum absolute atomic E-state index is 0.546. The molecule has 3 nitrogen and oxygen atoms in total. The van der Waals surface area contributed by atoms with Gasteiger partial charge >= 0.3 is 0 Å². The molecule has 3 aromatic heterocycles. The molecule has 0 saturated carbocycles. The zero-order valence-electron chi connectivity index (χ0n) is 11.8. The van der Waals surface area contributed by atoms with Gasteiger partial charge in [-0.25, -0.2) is 4.98 Å². The van der Waals surface area contributed by atoms with E-state index in [4.69, 9.17) is 12.2 Å². The van der Waals surface area contributed by atoms with Crippen molar-refractivity contribution in [1.82, 2.24) is 9.38 Å². The second-order valence-corrected chi connectivity index (χ2v) is 6.24. The Kier molecular flexibility index (Phi) is 2.88. The second-order valence-electron chi connectivity index (χ2n) is 5.12. The summed E-state index contributed by atoms with van der Waals surface area (Å²) in [4.78, 5) is 4.59. The molecule has 0 fully saturated rings. The Morgan fingerprint density at radius 3 is 3.00 bits per heavy atom. The maximum Gasteiger partial charge on any atom is 0.106 e. The first-order chi connectivity index (χ1) is 10.8. The van der Waals surface area contributed by atoms with Crippen molar-refractivity contribution in [2.24, 2.45) is 0 Å². The number of nitrogens with two attached hydrogens (primary N) is 1. The molecule has 22 heavy (non-hydrogen) atoms. The van der Waals surface area contributed by atoms with E-state index in [-0.39, 0.29) is 0 Å². The number of benzene rings is 1. The van der Waals surface area contributed by atoms with Crippen LogP contribution >= 0.6 is 11.3 Å². The molecule has 0 aliphatic heterocycles. The van der Waals surface area contributed by atoms with E-state index < -0.39 is 0 Å². The first-order valence-electron chi connectivity index (χ1n) is 6.95. The van der Waals surface area contributed by atoms with Crippen molar-refractivity contribution in [1.29, 1.82) is 0 Å². The molecule has 0 saturated heterocycles. The first-order valence-corrected chi connectivity index (χ1v) is 7.76. The van der Waals surface area contributed by atoms with E-state index in [9.17, 15) is 0 Å². The minimum Gasteiger partial charge on any atom is -0.396 e. The summed E-state index contributed by atoms with van der Waals surface area (Å²) in [6.45, 7) is 0. The van der Waals surface area contributed by atoms with Crippen LogP contribution in [0.4, 0.5) is 5.69 Å². The van der Waals surface area contributed by atoms with E-state index in [1.807, 2.05) is 18.3 Å². The molecule has 4 heteroatoms. The van der Waals surface area contributed by atoms with Crippen LogP contribution in [0.3, 0.4) is 0 Å². The predicted molar refractivity (Wildman–Crippen MR) is 93.0 cm³/mol. The minimum atomic E-state index is 0.546. The Balaban J connectivity index is 1.91. The molecule has 0 atom stereocenters. The Labute approximate surface area is 132 Å². The van der Waals surface area contributed by atoms with Crippen molar-refractivity contribution < 1.29 is 0 Å². The number of terminal acetylenes is 1. The maximum atomic E-state index is 6.37. The summed E-state index contributed by atoms with van der Waals surface area (Å²) >= 11 is 1.61. The molecular weight excluding hydrogens is 290 g/mol. The third-order valence-electron chi connectivity index (χ3n) is 3.71. The summed E-state index contributed by atoms with van der Waals surface area (Å²) in [7, 11) is 0. The van der Waals surface area contributed by atoms with E-state index >= 15 is 0 Å². The summed E-state index contributed by atoms with van der Waals surface area (Å²) in [6, 6.07) is 12.4. The van der Waals surface area contributed by atoms with Crippen LogP contribution in [0.25, 0.3) is 26.9 Å². The predicted octanol–water partition coefficient (Wildman–Crippen LogP) is 3.97. The van der Waals surface area contributed by atoms with Crippen molar-refractivity contribution in [3.63, 3.8) is 0 Å². The molecule has 2 N–H and O–H groups in total. The Morgan fingerprint density at radius 1 is 1.27 bits per heavy atom. The number of aromatic nitrogens is 2. The first kappa shape index (κ1) is 12.9. The molecule has 0 spiro atoms. The van der Waals surface area contributed by atoms with Crippen molar-refractivity contribution in [2.45, 2.75) is 6.42 Å². The van der Waals surface area contributed by atoms with Crippen LogP contribution in [0.2, 0.25) is 0 Å². The molecule has 0 radical (unpaired) electrons. The highest BCUT2D eigenvalue weighted by Gasteiger charge is 2.12. The van der Waals surface area contributed by atoms with Gasteiger partial charge in [0.05, 0.1) is 16.8 Å². The number of anilines is 1. The summed E-state index contributed by atoms with van der Waals surface area (Å²) in [5.41, 5.74) is 11.2. The highest BCUT2D eigenvalue weighted by Crippen LogP contribution is 2.35. The fourth-order valence-corrected chi connectivity index (χ4v) is 3.61. The maximum absolute atomic E-state index is 6.37. The molecule has 0 amide bonds. The standard InChI is InChI=1S/C18H13N3S/c1-2-5-16-20-18-15(22-16)8-7-14(17(18)19)12-10-13-6-3-4-9-21(13)11-12/h1,3-4,6-11H,5,19H2. The molecule has 0 bridgehead atoms. The zero-order valence-corrected chi connectivity index (χ0v) is 12.6. The molecule has 3 heterocycles. The normalized spacial score (nSPS) is 11.0. The molecule has 4 aromatic rings. The lowest BCUT2D eigenvalue weighted by Crippen LogP contribution is -1.91.